The molecule has 1 aromatic heterocycles. The fraction of sp³-hybridized carbons (Fsp3) is 0.464. The number of carbonyl (C=O) groups is 4. The summed E-state index contributed by atoms with van der Waals surface area (Å²) in [7, 11) is 1.48. The molecule has 12 nitrogen and oxygen atoms in total. The molecule has 12 heteroatoms. The van der Waals surface area contributed by atoms with Crippen molar-refractivity contribution < 1.29 is 34.1 Å². The molecule has 2 unspecified atom stereocenters. The lowest BCUT2D eigenvalue weighted by molar-refractivity contribution is -0.152. The number of benzene rings is 1. The second-order valence-corrected chi connectivity index (χ2v) is 10.3. The van der Waals surface area contributed by atoms with Crippen LogP contribution in [0.2, 0.25) is 0 Å². The lowest BCUT2D eigenvalue weighted by Gasteiger charge is -2.40. The van der Waals surface area contributed by atoms with E-state index in [0.717, 1.165) is 0 Å². The molecule has 3 heterocycles. The minimum Gasteiger partial charge on any atom is -0.507 e. The van der Waals surface area contributed by atoms with Gasteiger partial charge in [0.25, 0.3) is 5.91 Å². The van der Waals surface area contributed by atoms with E-state index >= 15 is 0 Å². The molecule has 2 fully saturated rings. The average molecular weight is 554 g/mol. The Hall–Kier alpha value is -4.03. The largest absolute Gasteiger partial charge is 0.507 e. The zero-order valence-corrected chi connectivity index (χ0v) is 22.6. The summed E-state index contributed by atoms with van der Waals surface area (Å²) in [5, 5.41) is 29.7. The van der Waals surface area contributed by atoms with Gasteiger partial charge in [-0.2, -0.15) is 0 Å². The van der Waals surface area contributed by atoms with Crippen LogP contribution >= 0.6 is 0 Å². The molecule has 0 spiro atoms. The van der Waals surface area contributed by atoms with E-state index in [-0.39, 0.29) is 17.7 Å². The van der Waals surface area contributed by atoms with Gasteiger partial charge in [-0.05, 0) is 43.5 Å². The number of phenols is 1. The SMILES string of the molecule is C[C@@H]1[C@H](NC(=O)c2ccccc2O)C(=O)N[C@@H](Cc2cccnc2)[C@@H](O)[C@@H](C)C(=O)NC(C2CCO2)C(=O)N1C. The van der Waals surface area contributed by atoms with E-state index < -0.39 is 65.9 Å². The first-order valence-corrected chi connectivity index (χ1v) is 13.2. The number of pyridine rings is 1. The molecular weight excluding hydrogens is 518 g/mol. The van der Waals surface area contributed by atoms with E-state index in [1.54, 1.807) is 43.6 Å². The molecule has 0 bridgehead atoms. The highest BCUT2D eigenvalue weighted by Crippen LogP contribution is 2.22. The molecule has 2 aliphatic rings. The van der Waals surface area contributed by atoms with Gasteiger partial charge < -0.3 is 35.8 Å². The van der Waals surface area contributed by atoms with Gasteiger partial charge in [0.05, 0.1) is 35.8 Å². The number of rotatable bonds is 5. The van der Waals surface area contributed by atoms with Crippen molar-refractivity contribution in [2.75, 3.05) is 13.7 Å². The number of hydrogen-bond donors (Lipinski definition) is 5. The zero-order chi connectivity index (χ0) is 29.0. The Balaban J connectivity index is 1.71. The Labute approximate surface area is 232 Å². The molecule has 2 aliphatic heterocycles. The van der Waals surface area contributed by atoms with Gasteiger partial charge in [0.1, 0.15) is 17.8 Å². The Morgan fingerprint density at radius 2 is 1.85 bits per heavy atom. The average Bonchev–Trinajstić information content (AvgIpc) is 2.92. The van der Waals surface area contributed by atoms with Gasteiger partial charge in [-0.3, -0.25) is 24.2 Å². The smallest absolute Gasteiger partial charge is 0.255 e. The second kappa shape index (κ2) is 12.4. The van der Waals surface area contributed by atoms with Crippen molar-refractivity contribution in [1.29, 1.82) is 0 Å². The number of carbonyl (C=O) groups excluding carboxylic acids is 4. The number of likely N-dealkylation sites (N-methyl/N-ethyl adjacent to an activating group) is 1. The normalized spacial score (nSPS) is 29.8. The van der Waals surface area contributed by atoms with Crippen LogP contribution in [0.1, 0.15) is 36.2 Å². The summed E-state index contributed by atoms with van der Waals surface area (Å²) in [5.74, 6) is -3.73. The summed E-state index contributed by atoms with van der Waals surface area (Å²) in [6.07, 6.45) is 1.98. The molecule has 1 aromatic carbocycles. The molecule has 0 saturated carbocycles. The summed E-state index contributed by atoms with van der Waals surface area (Å²) in [4.78, 5) is 59.1. The van der Waals surface area contributed by atoms with Crippen molar-refractivity contribution >= 4 is 23.6 Å². The standard InChI is InChI=1S/C28H35N5O7/c1-15-24(35)19(13-17-7-6-11-29-14-17)30-27(38)22(31-26(37)18-8-4-5-9-20(18)34)16(2)33(3)28(39)23(32-25(15)36)21-10-12-40-21/h4-9,11,14-16,19,21-24,34-35H,10,12-13H2,1-3H3,(H,30,38)(H,31,37)(H,32,36)/t15-,16-,19+,21?,22+,23?,24+/m1/s1. The summed E-state index contributed by atoms with van der Waals surface area (Å²) in [6, 6.07) is 5.24. The molecule has 5 N–H and O–H groups in total. The van der Waals surface area contributed by atoms with E-state index in [0.29, 0.717) is 18.6 Å². The van der Waals surface area contributed by atoms with Crippen molar-refractivity contribution in [3.05, 3.63) is 59.9 Å². The number of aliphatic hydroxyl groups excluding tert-OH is 1. The third-order valence-electron chi connectivity index (χ3n) is 7.67. The maximum Gasteiger partial charge on any atom is 0.255 e. The van der Waals surface area contributed by atoms with Crippen LogP contribution in [0.3, 0.4) is 0 Å². The number of phenolic OH excluding ortho intramolecular Hbond substituents is 1. The Bertz CT molecular complexity index is 1240. The van der Waals surface area contributed by atoms with Crippen LogP contribution in [0, 0.1) is 5.92 Å². The molecule has 0 aliphatic carbocycles. The first kappa shape index (κ1) is 29.0. The number of aromatic nitrogens is 1. The van der Waals surface area contributed by atoms with Gasteiger partial charge in [0.2, 0.25) is 17.7 Å². The van der Waals surface area contributed by atoms with E-state index in [9.17, 15) is 29.4 Å². The number of aromatic hydroxyl groups is 1. The highest BCUT2D eigenvalue weighted by Gasteiger charge is 2.43. The number of hydrogen-bond acceptors (Lipinski definition) is 8. The number of para-hydroxylation sites is 1. The third kappa shape index (κ3) is 6.23. The van der Waals surface area contributed by atoms with Crippen molar-refractivity contribution in [3.8, 4) is 5.75 Å². The monoisotopic (exact) mass is 553 g/mol. The molecule has 2 saturated heterocycles. The first-order valence-electron chi connectivity index (χ1n) is 13.2. The van der Waals surface area contributed by atoms with Gasteiger partial charge in [-0.25, -0.2) is 0 Å². The van der Waals surface area contributed by atoms with Crippen LogP contribution in [0.4, 0.5) is 0 Å². The van der Waals surface area contributed by atoms with Crippen molar-refractivity contribution in [3.63, 3.8) is 0 Å². The third-order valence-corrected chi connectivity index (χ3v) is 7.67. The van der Waals surface area contributed by atoms with Crippen LogP contribution in [-0.2, 0) is 25.5 Å². The zero-order valence-electron chi connectivity index (χ0n) is 22.6. The maximum atomic E-state index is 13.8. The minimum absolute atomic E-state index is 0.0452. The first-order chi connectivity index (χ1) is 19.1. The summed E-state index contributed by atoms with van der Waals surface area (Å²) in [6.45, 7) is 3.55. The number of nitrogens with one attached hydrogen (secondary N) is 3. The fourth-order valence-corrected chi connectivity index (χ4v) is 4.85. The van der Waals surface area contributed by atoms with Crippen LogP contribution in [-0.4, -0.2) is 93.8 Å². The van der Waals surface area contributed by atoms with Crippen molar-refractivity contribution in [1.82, 2.24) is 25.8 Å². The van der Waals surface area contributed by atoms with Crippen molar-refractivity contribution in [2.45, 2.75) is 63.1 Å². The van der Waals surface area contributed by atoms with Crippen LogP contribution in [0.15, 0.2) is 48.8 Å². The molecule has 2 aromatic rings. The number of ether oxygens (including phenoxy) is 1. The quantitative estimate of drug-likeness (QED) is 0.337. The lowest BCUT2D eigenvalue weighted by Crippen LogP contribution is -2.66. The predicted octanol–water partition coefficient (Wildman–Crippen LogP) is -0.256. The van der Waals surface area contributed by atoms with Crippen molar-refractivity contribution in [2.24, 2.45) is 5.92 Å². The lowest BCUT2D eigenvalue weighted by atomic mass is 9.90. The minimum atomic E-state index is -1.34. The Morgan fingerprint density at radius 3 is 2.48 bits per heavy atom. The highest BCUT2D eigenvalue weighted by atomic mass is 16.5. The molecular formula is C28H35N5O7. The Morgan fingerprint density at radius 1 is 1.12 bits per heavy atom. The van der Waals surface area contributed by atoms with Gasteiger partial charge >= 0.3 is 0 Å². The van der Waals surface area contributed by atoms with E-state index in [2.05, 4.69) is 20.9 Å². The van der Waals surface area contributed by atoms with E-state index in [1.807, 2.05) is 0 Å². The molecule has 214 valence electrons. The molecule has 7 atom stereocenters. The van der Waals surface area contributed by atoms with Crippen LogP contribution < -0.4 is 16.0 Å². The Kier molecular flexibility index (Phi) is 9.00. The highest BCUT2D eigenvalue weighted by molar-refractivity contribution is 6.00. The number of nitrogens with zero attached hydrogens (tertiary/aromatic N) is 2. The molecule has 0 radical (unpaired) electrons. The van der Waals surface area contributed by atoms with Gasteiger partial charge in [0, 0.05) is 26.0 Å². The van der Waals surface area contributed by atoms with E-state index in [4.69, 9.17) is 4.74 Å². The van der Waals surface area contributed by atoms with E-state index in [1.165, 1.54) is 31.0 Å². The second-order valence-electron chi connectivity index (χ2n) is 10.3. The molecule has 40 heavy (non-hydrogen) atoms. The van der Waals surface area contributed by atoms with Gasteiger partial charge in [0.15, 0.2) is 0 Å². The number of aliphatic hydroxyl groups is 1. The van der Waals surface area contributed by atoms with Crippen LogP contribution in [0.25, 0.3) is 0 Å². The molecule has 4 rings (SSSR count). The summed E-state index contributed by atoms with van der Waals surface area (Å²) < 4.78 is 5.53. The summed E-state index contributed by atoms with van der Waals surface area (Å²) in [5.41, 5.74) is 0.665. The van der Waals surface area contributed by atoms with Gasteiger partial charge in [-0.1, -0.05) is 25.1 Å². The molecule has 4 amide bonds. The number of amides is 4. The van der Waals surface area contributed by atoms with Gasteiger partial charge in [-0.15, -0.1) is 0 Å². The predicted molar refractivity (Wildman–Crippen MR) is 143 cm³/mol. The maximum absolute atomic E-state index is 13.8. The fourth-order valence-electron chi connectivity index (χ4n) is 4.85. The van der Waals surface area contributed by atoms with Crippen LogP contribution in [0.5, 0.6) is 5.75 Å². The topological polar surface area (TPSA) is 170 Å². The summed E-state index contributed by atoms with van der Waals surface area (Å²) >= 11 is 0.